The molecule has 4 aliphatic heterocycles. The van der Waals surface area contributed by atoms with E-state index >= 15 is 0 Å². The fourth-order valence-corrected chi connectivity index (χ4v) is 22.4. The maximum Gasteiger partial charge on any atom is 0.209 e. The van der Waals surface area contributed by atoms with Gasteiger partial charge in [0.2, 0.25) is 23.1 Å². The van der Waals surface area contributed by atoms with Gasteiger partial charge in [0.05, 0.1) is 5.56 Å². The Bertz CT molecular complexity index is 6670. The van der Waals surface area contributed by atoms with E-state index in [0.717, 1.165) is 117 Å². The topological polar surface area (TPSA) is 199 Å². The van der Waals surface area contributed by atoms with Crippen molar-refractivity contribution in [1.29, 1.82) is 0 Å². The van der Waals surface area contributed by atoms with Gasteiger partial charge in [-0.3, -0.25) is 19.2 Å². The van der Waals surface area contributed by atoms with E-state index in [-0.39, 0.29) is 45.9 Å². The fourth-order valence-electron chi connectivity index (χ4n) is 18.0. The van der Waals surface area contributed by atoms with Crippen LogP contribution in [0.1, 0.15) is 148 Å². The van der Waals surface area contributed by atoms with Crippen LogP contribution >= 0.6 is 45.3 Å². The second kappa shape index (κ2) is 43.3. The molecule has 0 saturated carbocycles. The third-order valence-electron chi connectivity index (χ3n) is 25.7. The van der Waals surface area contributed by atoms with E-state index in [0.29, 0.717) is 92.3 Å². The molecular weight excluding hydrogens is 1760 g/mol. The summed E-state index contributed by atoms with van der Waals surface area (Å²) in [4.78, 5) is 65.4. The molecule has 16 aromatic rings. The van der Waals surface area contributed by atoms with E-state index in [2.05, 4.69) is 83.7 Å². The zero-order valence-electron chi connectivity index (χ0n) is 76.8. The number of hydrogen-bond donors (Lipinski definition) is 4. The average Bonchev–Trinajstić information content (AvgIpc) is 1.65. The lowest BCUT2D eigenvalue weighted by Gasteiger charge is -2.15. The molecule has 4 aliphatic rings. The molecule has 690 valence electrons. The fraction of sp³-hybridized carbons (Fsp3) is 0.263. The number of benzene rings is 12. The predicted molar refractivity (Wildman–Crippen MR) is 545 cm³/mol. The van der Waals surface area contributed by atoms with Crippen molar-refractivity contribution in [1.82, 2.24) is 19.6 Å². The molecule has 4 aromatic heterocycles. The third kappa shape index (κ3) is 23.5. The number of phenols is 4. The van der Waals surface area contributed by atoms with Gasteiger partial charge < -0.3 is 59.0 Å². The molecule has 4 N–H and O–H groups in total. The smallest absolute Gasteiger partial charge is 0.209 e. The van der Waals surface area contributed by atoms with Gasteiger partial charge in [-0.1, -0.05) is 173 Å². The van der Waals surface area contributed by atoms with E-state index in [4.69, 9.17) is 18.9 Å². The number of halogens is 1. The summed E-state index contributed by atoms with van der Waals surface area (Å²) in [5, 5.41) is 42.9. The molecule has 0 unspecified atom stereocenters. The standard InChI is InChI=1S/2C29H29NO3S.C28H26FNO3S.C28H27NO3S/c1-19-3-7-22(8-4-19)27(32)29-28(25-12-9-23(31)17-26(25)34-29)33-24-10-5-21(6-11-24)14-16-30-15-13-20(2)18-30;1-19-13-15-30(18-19)16-14-21-7-10-23(11-8-21)33-28-25-12-9-22(31)17-26(25)34-29(28)27(32)24-6-4-3-5-20(24)2;1-18-12-14-30(17-18)15-13-19-6-9-21(10-7-19)33-27-23-11-8-20(31)16-25(23)34-28(27)26(32)22-4-2-3-5-24(22)29;1-19-13-15-29(18-19)16-14-20-7-10-23(11-8-20)32-27-24-12-9-22(30)17-25(24)33-28(27)26(31)21-5-3-2-4-6-21/h3-12,17,20,31H,13-16,18H2,1-2H3;3-12,17,19,31H,13-16,18H2,1-2H3;2-11,16,18,31H,12-15,17H2,1H3;2-12,17,19,30H,13-16,18H2,1H3/t20-;19-;18-;19-/m0000/s1. The Balaban J connectivity index is 0.000000125. The van der Waals surface area contributed by atoms with E-state index in [9.17, 15) is 44.0 Å². The number of rotatable bonds is 28. The summed E-state index contributed by atoms with van der Waals surface area (Å²) in [6.45, 7) is 27.0. The highest BCUT2D eigenvalue weighted by molar-refractivity contribution is 7.22. The van der Waals surface area contributed by atoms with Crippen LogP contribution in [0, 0.1) is 43.3 Å². The summed E-state index contributed by atoms with van der Waals surface area (Å²) in [6.07, 6.45) is 9.19. The normalized spacial score (nSPS) is 16.3. The Kier molecular flexibility index (Phi) is 30.2. The van der Waals surface area contributed by atoms with Crippen molar-refractivity contribution < 1.29 is 62.9 Å². The van der Waals surface area contributed by atoms with Gasteiger partial charge in [-0.25, -0.2) is 4.39 Å². The number of phenolic OH excluding ortho intramolecular Hbond substituents is 4. The molecule has 0 bridgehead atoms. The first-order valence-corrected chi connectivity index (χ1v) is 49.8. The van der Waals surface area contributed by atoms with Crippen LogP contribution in [0.5, 0.6) is 69.0 Å². The number of carbonyl (C=O) groups excluding carboxylic acids is 4. The molecular formula is C114H111FN4O12S4. The summed E-state index contributed by atoms with van der Waals surface area (Å²) in [5.41, 5.74) is 9.00. The molecule has 16 nitrogen and oxygen atoms in total. The molecule has 12 aromatic carbocycles. The zero-order chi connectivity index (χ0) is 93.8. The largest absolute Gasteiger partial charge is 0.508 e. The maximum atomic E-state index is 14.4. The van der Waals surface area contributed by atoms with Gasteiger partial charge in [-0.05, 0) is 276 Å². The molecule has 0 spiro atoms. The number of thiophene rings is 4. The zero-order valence-corrected chi connectivity index (χ0v) is 80.1. The van der Waals surface area contributed by atoms with Crippen LogP contribution < -0.4 is 18.9 Å². The van der Waals surface area contributed by atoms with Gasteiger partial charge >= 0.3 is 0 Å². The van der Waals surface area contributed by atoms with E-state index in [1.54, 1.807) is 66.7 Å². The Morgan fingerprint density at radius 2 is 0.593 bits per heavy atom. The van der Waals surface area contributed by atoms with Crippen molar-refractivity contribution in [2.24, 2.45) is 23.7 Å². The van der Waals surface area contributed by atoms with Gasteiger partial charge in [0.1, 0.15) is 71.3 Å². The van der Waals surface area contributed by atoms with Crippen molar-refractivity contribution in [3.05, 3.63) is 354 Å². The number of carbonyl (C=O) groups is 4. The molecule has 8 heterocycles. The first kappa shape index (κ1) is 94.1. The molecule has 0 amide bonds. The summed E-state index contributed by atoms with van der Waals surface area (Å²) in [5.74, 6) is 7.28. The lowest BCUT2D eigenvalue weighted by atomic mass is 10.0. The predicted octanol–water partition coefficient (Wildman–Crippen LogP) is 26.8. The van der Waals surface area contributed by atoms with E-state index in [1.165, 1.54) is 158 Å². The van der Waals surface area contributed by atoms with Crippen molar-refractivity contribution in [3.63, 3.8) is 0 Å². The highest BCUT2D eigenvalue weighted by atomic mass is 32.1. The minimum Gasteiger partial charge on any atom is -0.508 e. The summed E-state index contributed by atoms with van der Waals surface area (Å²) >= 11 is 5.24. The Hall–Kier alpha value is -12.7. The van der Waals surface area contributed by atoms with Gasteiger partial charge in [-0.15, -0.1) is 45.3 Å². The van der Waals surface area contributed by atoms with Crippen molar-refractivity contribution >= 4 is 109 Å². The second-order valence-electron chi connectivity index (χ2n) is 36.4. The molecule has 135 heavy (non-hydrogen) atoms. The SMILES string of the molecule is C[C@H]1CCN(CCc2ccc(Oc3c(C(=O)c4ccccc4)sc4cc(O)ccc34)cc2)C1.C[C@H]1CCN(CCc2ccc(Oc3c(C(=O)c4ccccc4F)sc4cc(O)ccc34)cc2)C1.Cc1ccc(C(=O)c2sc3cc(O)ccc3c2Oc2ccc(CCN3CC[C@H](C)C3)cc2)cc1.Cc1ccccc1C(=O)c1sc2cc(O)ccc2c1Oc1ccc(CCN2CC[C@H](C)C2)cc1. The number of fused-ring (bicyclic) bond motifs is 4. The first-order chi connectivity index (χ1) is 65.5. The number of aromatic hydroxyl groups is 4. The Morgan fingerprint density at radius 3 is 0.889 bits per heavy atom. The highest BCUT2D eigenvalue weighted by Gasteiger charge is 2.31. The van der Waals surface area contributed by atoms with Crippen molar-refractivity contribution in [3.8, 4) is 69.0 Å². The second-order valence-corrected chi connectivity index (χ2v) is 40.6. The van der Waals surface area contributed by atoms with Gasteiger partial charge in [0.15, 0.2) is 23.0 Å². The minimum atomic E-state index is -0.574. The minimum absolute atomic E-state index is 0.00490. The number of hydrogen-bond acceptors (Lipinski definition) is 20. The van der Waals surface area contributed by atoms with Crippen LogP contribution in [-0.4, -0.2) is 142 Å². The maximum absolute atomic E-state index is 14.4. The number of nitrogens with zero attached hydrogens (tertiary/aromatic N) is 4. The quantitative estimate of drug-likeness (QED) is 0.0337. The van der Waals surface area contributed by atoms with Crippen LogP contribution in [0.3, 0.4) is 0 Å². The van der Waals surface area contributed by atoms with Gasteiger partial charge in [0, 0.05) is 109 Å². The number of likely N-dealkylation sites (tertiary alicyclic amines) is 4. The Labute approximate surface area is 803 Å². The van der Waals surface area contributed by atoms with Crippen LogP contribution in [0.4, 0.5) is 4.39 Å². The third-order valence-corrected chi connectivity index (χ3v) is 30.2. The molecule has 4 fully saturated rings. The Morgan fingerprint density at radius 1 is 0.319 bits per heavy atom. The molecule has 20 rings (SSSR count). The van der Waals surface area contributed by atoms with Crippen LogP contribution in [0.25, 0.3) is 40.3 Å². The summed E-state index contributed by atoms with van der Waals surface area (Å²) in [7, 11) is 0. The van der Waals surface area contributed by atoms with E-state index < -0.39 is 11.6 Å². The molecule has 21 heteroatoms. The summed E-state index contributed by atoms with van der Waals surface area (Å²) < 4.78 is 42.7. The van der Waals surface area contributed by atoms with E-state index in [1.807, 2.05) is 172 Å². The molecule has 4 saturated heterocycles. The average molecular weight is 1880 g/mol. The number of ketones is 4. The van der Waals surface area contributed by atoms with Crippen LogP contribution in [0.2, 0.25) is 0 Å². The lowest BCUT2D eigenvalue weighted by molar-refractivity contribution is 0.102. The van der Waals surface area contributed by atoms with Gasteiger partial charge in [0.25, 0.3) is 0 Å². The monoisotopic (exact) mass is 1870 g/mol. The lowest BCUT2D eigenvalue weighted by Crippen LogP contribution is -2.22. The number of aryl methyl sites for hydroxylation is 2. The van der Waals surface area contributed by atoms with Crippen molar-refractivity contribution in [2.75, 3.05) is 78.5 Å². The van der Waals surface area contributed by atoms with Crippen LogP contribution in [-0.2, 0) is 25.7 Å². The molecule has 4 atom stereocenters. The highest BCUT2D eigenvalue weighted by Crippen LogP contribution is 2.48. The van der Waals surface area contributed by atoms with Crippen LogP contribution in [0.15, 0.2) is 273 Å². The van der Waals surface area contributed by atoms with Crippen molar-refractivity contribution in [2.45, 2.75) is 92.9 Å². The summed E-state index contributed by atoms with van der Waals surface area (Å²) in [6, 6.07) is 83.0. The first-order valence-electron chi connectivity index (χ1n) is 46.6. The number of ether oxygens (including phenoxy) is 4. The molecule has 0 radical (unpaired) electrons. The molecule has 0 aliphatic carbocycles. The van der Waals surface area contributed by atoms with Gasteiger partial charge in [-0.2, -0.15) is 0 Å².